The zero-order valence-electron chi connectivity index (χ0n) is 15.2. The molecule has 1 saturated heterocycles. The van der Waals surface area contributed by atoms with Gasteiger partial charge in [0.1, 0.15) is 5.82 Å². The summed E-state index contributed by atoms with van der Waals surface area (Å²) in [5.74, 6) is 0.118. The monoisotopic (exact) mass is 386 g/mol. The van der Waals surface area contributed by atoms with Crippen LogP contribution in [-0.2, 0) is 6.54 Å². The van der Waals surface area contributed by atoms with Crippen LogP contribution in [0.3, 0.4) is 0 Å². The number of nitrogens with zero attached hydrogens (tertiary/aromatic N) is 6. The number of halogens is 2. The lowest BCUT2D eigenvalue weighted by Crippen LogP contribution is -2.48. The minimum atomic E-state index is -2.71. The summed E-state index contributed by atoms with van der Waals surface area (Å²) in [5, 5.41) is 4.84. The summed E-state index contributed by atoms with van der Waals surface area (Å²) < 4.78 is 27.9. The van der Waals surface area contributed by atoms with Crippen molar-refractivity contribution in [1.82, 2.24) is 24.6 Å². The standard InChI is InChI=1S/C19H20F2N6O/c20-17(21)18-23-15-5-2-1-4-14(15)19(24-18)26-11-8-25(9-12-26)10-13-27-16(28)6-3-7-22-27/h1-7,17H,8-13H2. The second-order valence-electron chi connectivity index (χ2n) is 6.64. The molecule has 0 bridgehead atoms. The smallest absolute Gasteiger partial charge is 0.297 e. The Labute approximate surface area is 160 Å². The van der Waals surface area contributed by atoms with E-state index >= 15 is 0 Å². The van der Waals surface area contributed by atoms with Crippen molar-refractivity contribution >= 4 is 16.7 Å². The van der Waals surface area contributed by atoms with Gasteiger partial charge in [-0.15, -0.1) is 0 Å². The molecule has 28 heavy (non-hydrogen) atoms. The van der Waals surface area contributed by atoms with E-state index in [1.54, 1.807) is 24.4 Å². The first-order valence-corrected chi connectivity index (χ1v) is 9.16. The second kappa shape index (κ2) is 7.97. The summed E-state index contributed by atoms with van der Waals surface area (Å²) in [6, 6.07) is 10.3. The average Bonchev–Trinajstić information content (AvgIpc) is 2.73. The maximum absolute atomic E-state index is 13.2. The molecule has 1 aromatic carbocycles. The minimum Gasteiger partial charge on any atom is -0.353 e. The Hall–Kier alpha value is -2.94. The van der Waals surface area contributed by atoms with Gasteiger partial charge in [0, 0.05) is 50.4 Å². The van der Waals surface area contributed by atoms with Crippen LogP contribution in [0.5, 0.6) is 0 Å². The van der Waals surface area contributed by atoms with Gasteiger partial charge in [0.15, 0.2) is 5.82 Å². The predicted molar refractivity (Wildman–Crippen MR) is 102 cm³/mol. The molecule has 0 amide bonds. The molecule has 0 atom stereocenters. The van der Waals surface area contributed by atoms with Crippen LogP contribution >= 0.6 is 0 Å². The van der Waals surface area contributed by atoms with Crippen molar-refractivity contribution in [2.24, 2.45) is 0 Å². The largest absolute Gasteiger partial charge is 0.353 e. The van der Waals surface area contributed by atoms with Crippen molar-refractivity contribution in [3.8, 4) is 0 Å². The van der Waals surface area contributed by atoms with Crippen LogP contribution < -0.4 is 10.5 Å². The molecule has 7 nitrogen and oxygen atoms in total. The minimum absolute atomic E-state index is 0.117. The number of aromatic nitrogens is 4. The Kier molecular flexibility index (Phi) is 5.25. The topological polar surface area (TPSA) is 67.2 Å². The zero-order valence-corrected chi connectivity index (χ0v) is 15.2. The molecule has 0 N–H and O–H groups in total. The van der Waals surface area contributed by atoms with Crippen LogP contribution in [-0.4, -0.2) is 57.4 Å². The van der Waals surface area contributed by atoms with Crippen LogP contribution in [0.2, 0.25) is 0 Å². The first kappa shape index (κ1) is 18.4. The number of hydrogen-bond acceptors (Lipinski definition) is 6. The Bertz CT molecular complexity index is 1020. The molecule has 3 heterocycles. The fourth-order valence-electron chi connectivity index (χ4n) is 3.39. The Morgan fingerprint density at radius 2 is 1.75 bits per heavy atom. The SMILES string of the molecule is O=c1cccnn1CCN1CCN(c2nc(C(F)F)nc3ccccc23)CC1. The van der Waals surface area contributed by atoms with Crippen molar-refractivity contribution < 1.29 is 8.78 Å². The summed E-state index contributed by atoms with van der Waals surface area (Å²) in [4.78, 5) is 24.1. The lowest BCUT2D eigenvalue weighted by Gasteiger charge is -2.35. The fraction of sp³-hybridized carbons (Fsp3) is 0.368. The van der Waals surface area contributed by atoms with Crippen molar-refractivity contribution in [3.63, 3.8) is 0 Å². The lowest BCUT2D eigenvalue weighted by atomic mass is 10.2. The van der Waals surface area contributed by atoms with Gasteiger partial charge < -0.3 is 4.90 Å². The molecular formula is C19H20F2N6O. The van der Waals surface area contributed by atoms with Crippen LogP contribution in [0, 0.1) is 0 Å². The fourth-order valence-corrected chi connectivity index (χ4v) is 3.39. The van der Waals surface area contributed by atoms with E-state index in [9.17, 15) is 13.6 Å². The Morgan fingerprint density at radius 1 is 0.964 bits per heavy atom. The molecule has 3 aromatic rings. The molecule has 1 aliphatic heterocycles. The van der Waals surface area contributed by atoms with Crippen molar-refractivity contribution in [2.45, 2.75) is 13.0 Å². The molecule has 0 unspecified atom stereocenters. The number of piperazine rings is 1. The van der Waals surface area contributed by atoms with Crippen LogP contribution in [0.15, 0.2) is 47.4 Å². The van der Waals surface area contributed by atoms with Gasteiger partial charge in [-0.1, -0.05) is 12.1 Å². The predicted octanol–water partition coefficient (Wildman–Crippen LogP) is 1.95. The van der Waals surface area contributed by atoms with Crippen LogP contribution in [0.4, 0.5) is 14.6 Å². The highest BCUT2D eigenvalue weighted by Gasteiger charge is 2.22. The Morgan fingerprint density at radius 3 is 2.50 bits per heavy atom. The molecular weight excluding hydrogens is 366 g/mol. The van der Waals surface area contributed by atoms with E-state index < -0.39 is 12.2 Å². The number of rotatable bonds is 5. The maximum atomic E-state index is 13.2. The summed E-state index contributed by atoms with van der Waals surface area (Å²) in [7, 11) is 0. The molecule has 146 valence electrons. The summed E-state index contributed by atoms with van der Waals surface area (Å²) in [5.41, 5.74) is 0.410. The van der Waals surface area contributed by atoms with Crippen molar-refractivity contribution in [3.05, 3.63) is 58.8 Å². The van der Waals surface area contributed by atoms with E-state index in [2.05, 4.69) is 20.0 Å². The van der Waals surface area contributed by atoms with Gasteiger partial charge in [0.2, 0.25) is 0 Å². The summed E-state index contributed by atoms with van der Waals surface area (Å²) in [6.07, 6.45) is -1.11. The number of fused-ring (bicyclic) bond motifs is 1. The van der Waals surface area contributed by atoms with Crippen molar-refractivity contribution in [2.75, 3.05) is 37.6 Å². The van der Waals surface area contributed by atoms with Gasteiger partial charge in [-0.25, -0.2) is 23.4 Å². The third-order valence-electron chi connectivity index (χ3n) is 4.88. The number of para-hydroxylation sites is 1. The number of hydrogen-bond donors (Lipinski definition) is 0. The first-order valence-electron chi connectivity index (χ1n) is 9.16. The highest BCUT2D eigenvalue weighted by molar-refractivity contribution is 5.89. The van der Waals surface area contributed by atoms with E-state index in [4.69, 9.17) is 0 Å². The van der Waals surface area contributed by atoms with E-state index in [1.165, 1.54) is 10.7 Å². The van der Waals surface area contributed by atoms with Crippen LogP contribution in [0.1, 0.15) is 12.2 Å². The zero-order chi connectivity index (χ0) is 19.5. The molecule has 2 aromatic heterocycles. The van der Waals surface area contributed by atoms with E-state index in [1.807, 2.05) is 17.0 Å². The van der Waals surface area contributed by atoms with Gasteiger partial charge in [0.25, 0.3) is 12.0 Å². The van der Waals surface area contributed by atoms with Gasteiger partial charge in [-0.2, -0.15) is 5.10 Å². The maximum Gasteiger partial charge on any atom is 0.297 e. The molecule has 0 saturated carbocycles. The van der Waals surface area contributed by atoms with E-state index in [-0.39, 0.29) is 5.56 Å². The molecule has 0 spiro atoms. The number of alkyl halides is 2. The molecule has 1 aliphatic rings. The number of anilines is 1. The van der Waals surface area contributed by atoms with E-state index in [0.29, 0.717) is 37.5 Å². The van der Waals surface area contributed by atoms with Gasteiger partial charge in [-0.3, -0.25) is 9.69 Å². The van der Waals surface area contributed by atoms with Crippen LogP contribution in [0.25, 0.3) is 10.9 Å². The highest BCUT2D eigenvalue weighted by atomic mass is 19.3. The summed E-state index contributed by atoms with van der Waals surface area (Å²) >= 11 is 0. The molecule has 0 aliphatic carbocycles. The third kappa shape index (κ3) is 3.84. The average molecular weight is 386 g/mol. The molecule has 1 fully saturated rings. The lowest BCUT2D eigenvalue weighted by molar-refractivity contribution is 0.141. The molecule has 4 rings (SSSR count). The normalized spacial score (nSPS) is 15.5. The first-order chi connectivity index (χ1) is 13.6. The molecule has 0 radical (unpaired) electrons. The number of benzene rings is 1. The second-order valence-corrected chi connectivity index (χ2v) is 6.64. The van der Waals surface area contributed by atoms with E-state index in [0.717, 1.165) is 18.5 Å². The van der Waals surface area contributed by atoms with Gasteiger partial charge >= 0.3 is 0 Å². The van der Waals surface area contributed by atoms with Gasteiger partial charge in [0.05, 0.1) is 12.1 Å². The summed E-state index contributed by atoms with van der Waals surface area (Å²) in [6.45, 7) is 4.07. The van der Waals surface area contributed by atoms with Gasteiger partial charge in [-0.05, 0) is 18.2 Å². The molecule has 9 heteroatoms. The Balaban J connectivity index is 1.46. The third-order valence-corrected chi connectivity index (χ3v) is 4.88. The van der Waals surface area contributed by atoms with Crippen molar-refractivity contribution in [1.29, 1.82) is 0 Å². The highest BCUT2D eigenvalue weighted by Crippen LogP contribution is 2.27. The quantitative estimate of drug-likeness (QED) is 0.668.